The summed E-state index contributed by atoms with van der Waals surface area (Å²) in [5.41, 5.74) is 3.59. The fraction of sp³-hybridized carbons (Fsp3) is 0.278. The summed E-state index contributed by atoms with van der Waals surface area (Å²) < 4.78 is 0. The molecular weight excluding hydrogens is 401 g/mol. The van der Waals surface area contributed by atoms with Crippen LogP contribution < -0.4 is 10.6 Å². The number of aromatic hydroxyl groups is 1. The van der Waals surface area contributed by atoms with Gasteiger partial charge in [0.1, 0.15) is 5.75 Å². The Morgan fingerprint density at radius 3 is 2.39 bits per heavy atom. The van der Waals surface area contributed by atoms with E-state index in [0.717, 1.165) is 24.6 Å². The summed E-state index contributed by atoms with van der Waals surface area (Å²) in [6.07, 6.45) is 0. The molecule has 0 unspecified atom stereocenters. The summed E-state index contributed by atoms with van der Waals surface area (Å²) in [4.78, 5) is 4.57. The van der Waals surface area contributed by atoms with Crippen LogP contribution in [0.4, 0.5) is 0 Å². The molecule has 0 spiro atoms. The molecule has 124 valence electrons. The first-order valence-electron chi connectivity index (χ1n) is 7.53. The second-order valence-electron chi connectivity index (χ2n) is 5.14. The second kappa shape index (κ2) is 10.1. The lowest BCUT2D eigenvalue weighted by molar-refractivity contribution is 0.475. The van der Waals surface area contributed by atoms with E-state index in [2.05, 4.69) is 34.7 Å². The van der Waals surface area contributed by atoms with Crippen LogP contribution in [0.15, 0.2) is 53.5 Å². The van der Waals surface area contributed by atoms with Crippen LogP contribution in [0.5, 0.6) is 5.75 Å². The first-order chi connectivity index (χ1) is 10.7. The Morgan fingerprint density at radius 1 is 1.04 bits per heavy atom. The van der Waals surface area contributed by atoms with E-state index < -0.39 is 0 Å². The third-order valence-corrected chi connectivity index (χ3v) is 3.41. The molecule has 0 radical (unpaired) electrons. The smallest absolute Gasteiger partial charge is 0.191 e. The van der Waals surface area contributed by atoms with E-state index in [1.807, 2.05) is 31.2 Å². The van der Waals surface area contributed by atoms with E-state index in [1.165, 1.54) is 11.1 Å². The van der Waals surface area contributed by atoms with Gasteiger partial charge >= 0.3 is 0 Å². The molecule has 0 aliphatic heterocycles. The Kier molecular flexibility index (Phi) is 8.47. The molecule has 0 heterocycles. The highest BCUT2D eigenvalue weighted by Crippen LogP contribution is 2.10. The molecule has 2 rings (SSSR count). The standard InChI is InChI=1S/C18H23N3O.HI/c1-3-19-18(20-12-15-8-10-17(22)11-9-15)21-13-16-7-5-4-6-14(16)2;/h4-11,22H,3,12-13H2,1-2H3,(H2,19,20,21);1H. The van der Waals surface area contributed by atoms with Crippen LogP contribution in [-0.2, 0) is 13.1 Å². The maximum atomic E-state index is 9.29. The molecule has 4 nitrogen and oxygen atoms in total. The van der Waals surface area contributed by atoms with Crippen LogP contribution in [0.1, 0.15) is 23.6 Å². The Labute approximate surface area is 155 Å². The van der Waals surface area contributed by atoms with Gasteiger partial charge in [0.25, 0.3) is 0 Å². The number of nitrogens with zero attached hydrogens (tertiary/aromatic N) is 1. The third-order valence-electron chi connectivity index (χ3n) is 3.41. The molecule has 5 heteroatoms. The van der Waals surface area contributed by atoms with Gasteiger partial charge in [-0.05, 0) is 42.7 Å². The summed E-state index contributed by atoms with van der Waals surface area (Å²) in [6.45, 7) is 6.29. The first-order valence-corrected chi connectivity index (χ1v) is 7.53. The molecule has 2 aromatic rings. The lowest BCUT2D eigenvalue weighted by Crippen LogP contribution is -2.36. The van der Waals surface area contributed by atoms with Crippen LogP contribution in [0, 0.1) is 6.92 Å². The van der Waals surface area contributed by atoms with E-state index in [1.54, 1.807) is 12.1 Å². The number of phenols is 1. The van der Waals surface area contributed by atoms with Crippen molar-refractivity contribution in [2.24, 2.45) is 4.99 Å². The number of hydrogen-bond donors (Lipinski definition) is 3. The van der Waals surface area contributed by atoms with Crippen LogP contribution in [0.2, 0.25) is 0 Å². The van der Waals surface area contributed by atoms with Crippen LogP contribution in [-0.4, -0.2) is 17.6 Å². The average molecular weight is 425 g/mol. The van der Waals surface area contributed by atoms with Gasteiger partial charge in [0.15, 0.2) is 5.96 Å². The third kappa shape index (κ3) is 6.48. The molecule has 0 amide bonds. The Morgan fingerprint density at radius 2 is 1.74 bits per heavy atom. The van der Waals surface area contributed by atoms with Crippen molar-refractivity contribution < 1.29 is 5.11 Å². The number of hydrogen-bond acceptors (Lipinski definition) is 2. The molecule has 0 fully saturated rings. The number of guanidine groups is 1. The van der Waals surface area contributed by atoms with Gasteiger partial charge in [-0.15, -0.1) is 24.0 Å². The molecule has 3 N–H and O–H groups in total. The highest BCUT2D eigenvalue weighted by molar-refractivity contribution is 14.0. The number of nitrogens with one attached hydrogen (secondary N) is 2. The largest absolute Gasteiger partial charge is 0.508 e. The number of aryl methyl sites for hydroxylation is 1. The maximum absolute atomic E-state index is 9.29. The summed E-state index contributed by atoms with van der Waals surface area (Å²) in [6, 6.07) is 15.4. The predicted octanol–water partition coefficient (Wildman–Crippen LogP) is 3.57. The molecule has 2 aromatic carbocycles. The van der Waals surface area contributed by atoms with Crippen molar-refractivity contribution in [2.75, 3.05) is 6.54 Å². The lowest BCUT2D eigenvalue weighted by Gasteiger charge is -2.12. The van der Waals surface area contributed by atoms with Crippen molar-refractivity contribution in [3.8, 4) is 5.75 Å². The normalized spacial score (nSPS) is 10.8. The molecule has 0 atom stereocenters. The monoisotopic (exact) mass is 425 g/mol. The minimum absolute atomic E-state index is 0. The van der Waals surface area contributed by atoms with Gasteiger partial charge in [0.2, 0.25) is 0 Å². The fourth-order valence-electron chi connectivity index (χ4n) is 2.10. The molecule has 23 heavy (non-hydrogen) atoms. The molecular formula is C18H24IN3O. The molecule has 0 bridgehead atoms. The Balaban J connectivity index is 0.00000264. The molecule has 0 saturated heterocycles. The van der Waals surface area contributed by atoms with Gasteiger partial charge in [0, 0.05) is 13.1 Å². The van der Waals surface area contributed by atoms with E-state index in [9.17, 15) is 5.11 Å². The van der Waals surface area contributed by atoms with Gasteiger partial charge in [-0.25, -0.2) is 4.99 Å². The average Bonchev–Trinajstić information content (AvgIpc) is 2.53. The van der Waals surface area contributed by atoms with E-state index in [4.69, 9.17) is 0 Å². The van der Waals surface area contributed by atoms with Gasteiger partial charge < -0.3 is 15.7 Å². The SMILES string of the molecule is CCNC(=NCc1ccc(O)cc1)NCc1ccccc1C.I. The quantitative estimate of drug-likeness (QED) is 0.390. The summed E-state index contributed by atoms with van der Waals surface area (Å²) in [7, 11) is 0. The molecule has 0 aromatic heterocycles. The zero-order valence-electron chi connectivity index (χ0n) is 13.5. The maximum Gasteiger partial charge on any atom is 0.191 e. The zero-order valence-corrected chi connectivity index (χ0v) is 15.9. The van der Waals surface area contributed by atoms with Crippen molar-refractivity contribution in [1.82, 2.24) is 10.6 Å². The van der Waals surface area contributed by atoms with Crippen molar-refractivity contribution in [3.05, 3.63) is 65.2 Å². The predicted molar refractivity (Wildman–Crippen MR) is 106 cm³/mol. The number of halogens is 1. The summed E-state index contributed by atoms with van der Waals surface area (Å²) in [5, 5.41) is 15.9. The Bertz CT molecular complexity index is 626. The van der Waals surface area contributed by atoms with Crippen molar-refractivity contribution in [2.45, 2.75) is 26.9 Å². The molecule has 0 saturated carbocycles. The Hall–Kier alpha value is -1.76. The first kappa shape index (κ1) is 19.3. The van der Waals surface area contributed by atoms with E-state index in [-0.39, 0.29) is 29.7 Å². The van der Waals surface area contributed by atoms with Crippen LogP contribution in [0.25, 0.3) is 0 Å². The van der Waals surface area contributed by atoms with Crippen molar-refractivity contribution >= 4 is 29.9 Å². The van der Waals surface area contributed by atoms with Gasteiger partial charge in [-0.2, -0.15) is 0 Å². The number of rotatable bonds is 5. The van der Waals surface area contributed by atoms with Crippen LogP contribution >= 0.6 is 24.0 Å². The minimum atomic E-state index is 0. The highest BCUT2D eigenvalue weighted by Gasteiger charge is 2.00. The number of benzene rings is 2. The number of phenolic OH excluding ortho intramolecular Hbond substituents is 1. The van der Waals surface area contributed by atoms with Gasteiger partial charge in [-0.1, -0.05) is 36.4 Å². The van der Waals surface area contributed by atoms with Crippen LogP contribution in [0.3, 0.4) is 0 Å². The highest BCUT2D eigenvalue weighted by atomic mass is 127. The zero-order chi connectivity index (χ0) is 15.8. The summed E-state index contributed by atoms with van der Waals surface area (Å²) in [5.74, 6) is 1.07. The van der Waals surface area contributed by atoms with E-state index >= 15 is 0 Å². The topological polar surface area (TPSA) is 56.7 Å². The lowest BCUT2D eigenvalue weighted by atomic mass is 10.1. The summed E-state index contributed by atoms with van der Waals surface area (Å²) >= 11 is 0. The fourth-order valence-corrected chi connectivity index (χ4v) is 2.10. The van der Waals surface area contributed by atoms with Crippen molar-refractivity contribution in [1.29, 1.82) is 0 Å². The second-order valence-corrected chi connectivity index (χ2v) is 5.14. The molecule has 0 aliphatic rings. The van der Waals surface area contributed by atoms with Gasteiger partial charge in [-0.3, -0.25) is 0 Å². The number of aliphatic imine (C=N–C) groups is 1. The minimum Gasteiger partial charge on any atom is -0.508 e. The van der Waals surface area contributed by atoms with E-state index in [0.29, 0.717) is 6.54 Å². The molecule has 0 aliphatic carbocycles. The van der Waals surface area contributed by atoms with Crippen molar-refractivity contribution in [3.63, 3.8) is 0 Å². The van der Waals surface area contributed by atoms with Gasteiger partial charge in [0.05, 0.1) is 6.54 Å².